The summed E-state index contributed by atoms with van der Waals surface area (Å²) in [5, 5.41) is 18.1. The number of aliphatic hydroxyl groups is 1. The molecule has 3 aromatic heterocycles. The van der Waals surface area contributed by atoms with Gasteiger partial charge in [0.05, 0.1) is 35.7 Å². The van der Waals surface area contributed by atoms with Crippen LogP contribution >= 0.6 is 11.6 Å². The fraction of sp³-hybridized carbons (Fsp3) is 0.414. The monoisotopic (exact) mass is 551 g/mol. The standard InChI is InChI=1S/C29H34ClN5O4/c1-5-38-25-13-20-12-24(39-27(20)17(3)32-25)26-16(2)33-29(31-14-18-7-9-23(37-4)22(30)11-18)35-28(26)34-21-8-6-19(10-21)15-36/h7,9,11-13,19,21,36H,5-6,8,10,14-15H2,1-4H3,(H2,31,33,34,35). The van der Waals surface area contributed by atoms with Crippen molar-refractivity contribution in [1.82, 2.24) is 15.0 Å². The molecule has 0 aliphatic heterocycles. The highest BCUT2D eigenvalue weighted by Crippen LogP contribution is 2.38. The van der Waals surface area contributed by atoms with Gasteiger partial charge in [0.1, 0.15) is 17.3 Å². The summed E-state index contributed by atoms with van der Waals surface area (Å²) in [5.41, 5.74) is 4.02. The minimum atomic E-state index is 0.195. The highest BCUT2D eigenvalue weighted by molar-refractivity contribution is 6.32. The number of nitrogens with zero attached hydrogens (tertiary/aromatic N) is 3. The Morgan fingerprint density at radius 2 is 1.95 bits per heavy atom. The van der Waals surface area contributed by atoms with Gasteiger partial charge in [-0.2, -0.15) is 4.98 Å². The molecular weight excluding hydrogens is 518 g/mol. The van der Waals surface area contributed by atoms with Crippen LogP contribution in [0.5, 0.6) is 11.6 Å². The van der Waals surface area contributed by atoms with Gasteiger partial charge in [-0.25, -0.2) is 9.97 Å². The van der Waals surface area contributed by atoms with Crippen molar-refractivity contribution in [3.05, 3.63) is 52.3 Å². The number of furan rings is 1. The van der Waals surface area contributed by atoms with Crippen LogP contribution in [0.1, 0.15) is 43.1 Å². The van der Waals surface area contributed by atoms with E-state index in [0.29, 0.717) is 58.8 Å². The SMILES string of the molecule is CCOc1cc2cc(-c3c(C)nc(NCc4ccc(OC)c(Cl)c4)nc3NC3CCC(CO)C3)oc2c(C)n1. The minimum absolute atomic E-state index is 0.195. The Morgan fingerprint density at radius 3 is 2.67 bits per heavy atom. The summed E-state index contributed by atoms with van der Waals surface area (Å²) < 4.78 is 17.2. The number of hydrogen-bond donors (Lipinski definition) is 3. The molecule has 4 aromatic rings. The average Bonchev–Trinajstić information content (AvgIpc) is 3.55. The third-order valence-corrected chi connectivity index (χ3v) is 7.38. The largest absolute Gasteiger partial charge is 0.495 e. The fourth-order valence-electron chi connectivity index (χ4n) is 5.14. The van der Waals surface area contributed by atoms with Crippen molar-refractivity contribution >= 4 is 34.3 Å². The Hall–Kier alpha value is -3.56. The first-order valence-corrected chi connectivity index (χ1v) is 13.6. The fourth-order valence-corrected chi connectivity index (χ4v) is 5.42. The lowest BCUT2D eigenvalue weighted by Gasteiger charge is -2.18. The molecule has 5 rings (SSSR count). The number of benzene rings is 1. The molecule has 1 fully saturated rings. The molecule has 0 radical (unpaired) electrons. The Bertz CT molecular complexity index is 1470. The summed E-state index contributed by atoms with van der Waals surface area (Å²) in [6, 6.07) is 9.73. The molecule has 1 aromatic carbocycles. The van der Waals surface area contributed by atoms with Gasteiger partial charge in [0.25, 0.3) is 0 Å². The van der Waals surface area contributed by atoms with Crippen LogP contribution in [0.15, 0.2) is 34.7 Å². The van der Waals surface area contributed by atoms with Crippen LogP contribution in [0.4, 0.5) is 11.8 Å². The maximum absolute atomic E-state index is 9.66. The maximum atomic E-state index is 9.66. The number of hydrogen-bond acceptors (Lipinski definition) is 9. The average molecular weight is 552 g/mol. The molecule has 2 atom stereocenters. The first-order valence-electron chi connectivity index (χ1n) is 13.2. The number of aromatic nitrogens is 3. The molecular formula is C29H34ClN5O4. The van der Waals surface area contributed by atoms with Crippen LogP contribution in [-0.4, -0.2) is 46.4 Å². The van der Waals surface area contributed by atoms with Gasteiger partial charge in [0.15, 0.2) is 5.58 Å². The van der Waals surface area contributed by atoms with Crippen molar-refractivity contribution in [3.8, 4) is 23.0 Å². The predicted octanol–water partition coefficient (Wildman–Crippen LogP) is 6.15. The van der Waals surface area contributed by atoms with Crippen molar-refractivity contribution in [3.63, 3.8) is 0 Å². The zero-order chi connectivity index (χ0) is 27.5. The zero-order valence-electron chi connectivity index (χ0n) is 22.7. The highest BCUT2D eigenvalue weighted by atomic mass is 35.5. The second kappa shape index (κ2) is 11.7. The van der Waals surface area contributed by atoms with Crippen molar-refractivity contribution in [2.45, 2.75) is 52.6 Å². The van der Waals surface area contributed by atoms with E-state index in [2.05, 4.69) is 15.6 Å². The van der Waals surface area contributed by atoms with E-state index >= 15 is 0 Å². The summed E-state index contributed by atoms with van der Waals surface area (Å²) in [6.45, 7) is 7.02. The minimum Gasteiger partial charge on any atom is -0.495 e. The maximum Gasteiger partial charge on any atom is 0.225 e. The van der Waals surface area contributed by atoms with Gasteiger partial charge in [0, 0.05) is 30.6 Å². The van der Waals surface area contributed by atoms with Gasteiger partial charge < -0.3 is 29.6 Å². The zero-order valence-corrected chi connectivity index (χ0v) is 23.4. The summed E-state index contributed by atoms with van der Waals surface area (Å²) in [5.74, 6) is 3.34. The molecule has 0 amide bonds. The van der Waals surface area contributed by atoms with Gasteiger partial charge in [-0.1, -0.05) is 17.7 Å². The number of ether oxygens (including phenoxy) is 2. The van der Waals surface area contributed by atoms with E-state index in [1.165, 1.54) is 0 Å². The quantitative estimate of drug-likeness (QED) is 0.213. The number of fused-ring (bicyclic) bond motifs is 1. The smallest absolute Gasteiger partial charge is 0.225 e. The molecule has 3 N–H and O–H groups in total. The number of pyridine rings is 1. The lowest BCUT2D eigenvalue weighted by Crippen LogP contribution is -2.19. The lowest BCUT2D eigenvalue weighted by molar-refractivity contribution is 0.229. The molecule has 1 aliphatic rings. The Labute approximate surface area is 232 Å². The molecule has 1 saturated carbocycles. The van der Waals surface area contributed by atoms with Crippen molar-refractivity contribution < 1.29 is 19.0 Å². The van der Waals surface area contributed by atoms with Crippen molar-refractivity contribution in [2.75, 3.05) is 31.0 Å². The second-order valence-electron chi connectivity index (χ2n) is 9.89. The van der Waals surface area contributed by atoms with Crippen LogP contribution in [0, 0.1) is 19.8 Å². The molecule has 39 heavy (non-hydrogen) atoms. The normalized spacial score (nSPS) is 17.0. The third kappa shape index (κ3) is 5.89. The first-order chi connectivity index (χ1) is 18.9. The number of aliphatic hydroxyl groups excluding tert-OH is 1. The second-order valence-corrected chi connectivity index (χ2v) is 10.3. The van der Waals surface area contributed by atoms with E-state index in [4.69, 9.17) is 35.5 Å². The van der Waals surface area contributed by atoms with Crippen molar-refractivity contribution in [1.29, 1.82) is 0 Å². The Kier molecular flexibility index (Phi) is 8.09. The van der Waals surface area contributed by atoms with Crippen LogP contribution in [0.2, 0.25) is 5.02 Å². The summed E-state index contributed by atoms with van der Waals surface area (Å²) >= 11 is 6.31. The lowest BCUT2D eigenvalue weighted by atomic mass is 10.1. The number of halogens is 1. The van der Waals surface area contributed by atoms with Gasteiger partial charge in [-0.3, -0.25) is 0 Å². The number of methoxy groups -OCH3 is 1. The van der Waals surface area contributed by atoms with Gasteiger partial charge >= 0.3 is 0 Å². The van der Waals surface area contributed by atoms with E-state index in [9.17, 15) is 5.11 Å². The molecule has 3 heterocycles. The summed E-state index contributed by atoms with van der Waals surface area (Å²) in [7, 11) is 1.59. The van der Waals surface area contributed by atoms with E-state index in [1.807, 2.05) is 51.1 Å². The first kappa shape index (κ1) is 27.0. The number of anilines is 2. The number of aryl methyl sites for hydroxylation is 2. The predicted molar refractivity (Wildman–Crippen MR) is 153 cm³/mol. The molecule has 2 unspecified atom stereocenters. The number of rotatable bonds is 10. The Morgan fingerprint density at radius 1 is 1.10 bits per heavy atom. The topological polar surface area (TPSA) is 115 Å². The van der Waals surface area contributed by atoms with Crippen LogP contribution in [0.25, 0.3) is 22.3 Å². The van der Waals surface area contributed by atoms with Crippen LogP contribution in [0.3, 0.4) is 0 Å². The van der Waals surface area contributed by atoms with E-state index in [0.717, 1.165) is 47.2 Å². The molecule has 0 bridgehead atoms. The molecule has 1 aliphatic carbocycles. The van der Waals surface area contributed by atoms with E-state index in [-0.39, 0.29) is 12.6 Å². The molecule has 0 saturated heterocycles. The summed E-state index contributed by atoms with van der Waals surface area (Å²) in [6.07, 6.45) is 2.82. The number of nitrogens with one attached hydrogen (secondary N) is 2. The molecule has 206 valence electrons. The summed E-state index contributed by atoms with van der Waals surface area (Å²) in [4.78, 5) is 14.2. The van der Waals surface area contributed by atoms with E-state index < -0.39 is 0 Å². The molecule has 10 heteroatoms. The Balaban J connectivity index is 1.49. The van der Waals surface area contributed by atoms with Gasteiger partial charge in [0.2, 0.25) is 11.8 Å². The van der Waals surface area contributed by atoms with Gasteiger partial charge in [-0.15, -0.1) is 0 Å². The van der Waals surface area contributed by atoms with Crippen LogP contribution < -0.4 is 20.1 Å². The van der Waals surface area contributed by atoms with E-state index in [1.54, 1.807) is 7.11 Å². The van der Waals surface area contributed by atoms with Gasteiger partial charge in [-0.05, 0) is 69.7 Å². The van der Waals surface area contributed by atoms with Crippen molar-refractivity contribution in [2.24, 2.45) is 5.92 Å². The highest BCUT2D eigenvalue weighted by Gasteiger charge is 2.27. The molecule has 0 spiro atoms. The molecule has 9 nitrogen and oxygen atoms in total. The third-order valence-electron chi connectivity index (χ3n) is 7.08. The van der Waals surface area contributed by atoms with Crippen LogP contribution in [-0.2, 0) is 6.54 Å².